The molecule has 178 valence electrons. The van der Waals surface area contributed by atoms with Gasteiger partial charge in [0.25, 0.3) is 5.91 Å². The molecule has 0 aliphatic carbocycles. The van der Waals surface area contributed by atoms with E-state index in [0.29, 0.717) is 50.7 Å². The van der Waals surface area contributed by atoms with Crippen molar-refractivity contribution in [3.63, 3.8) is 0 Å². The van der Waals surface area contributed by atoms with Crippen molar-refractivity contribution >= 4 is 12.0 Å². The monoisotopic (exact) mass is 462 g/mol. The van der Waals surface area contributed by atoms with Gasteiger partial charge in [-0.2, -0.15) is 0 Å². The van der Waals surface area contributed by atoms with Gasteiger partial charge in [-0.3, -0.25) is 4.79 Å². The van der Waals surface area contributed by atoms with E-state index < -0.39 is 23.6 Å². The Bertz CT molecular complexity index is 1050. The fourth-order valence-corrected chi connectivity index (χ4v) is 4.56. The van der Waals surface area contributed by atoms with Crippen molar-refractivity contribution in [3.8, 4) is 11.3 Å². The summed E-state index contributed by atoms with van der Waals surface area (Å²) in [4.78, 5) is 30.1. The van der Waals surface area contributed by atoms with Gasteiger partial charge in [0.2, 0.25) is 0 Å². The number of ether oxygens (including phenoxy) is 2. The molecular formula is C23H28F2N4O4. The summed E-state index contributed by atoms with van der Waals surface area (Å²) in [5, 5.41) is 2.37. The Morgan fingerprint density at radius 1 is 1.27 bits per heavy atom. The smallest absolute Gasteiger partial charge is 0.409 e. The molecule has 2 aliphatic rings. The maximum atomic E-state index is 15.1. The number of aromatic nitrogens is 2. The number of morpholine rings is 1. The van der Waals surface area contributed by atoms with E-state index in [1.165, 1.54) is 14.2 Å². The minimum atomic E-state index is -0.848. The molecule has 1 N–H and O–H groups in total. The molecule has 1 unspecified atom stereocenters. The van der Waals surface area contributed by atoms with Crippen LogP contribution in [0.1, 0.15) is 35.2 Å². The molecule has 2 amide bonds. The maximum absolute atomic E-state index is 15.1. The van der Waals surface area contributed by atoms with E-state index >= 15 is 8.78 Å². The number of carbonyl (C=O) groups is 2. The number of halogens is 2. The molecule has 4 rings (SSSR count). The molecule has 1 fully saturated rings. The number of amides is 2. The van der Waals surface area contributed by atoms with Crippen LogP contribution in [-0.2, 0) is 28.9 Å². The van der Waals surface area contributed by atoms with E-state index in [2.05, 4.69) is 17.2 Å². The molecule has 2 aromatic rings. The van der Waals surface area contributed by atoms with Crippen molar-refractivity contribution in [1.29, 1.82) is 0 Å². The Morgan fingerprint density at radius 2 is 2.00 bits per heavy atom. The van der Waals surface area contributed by atoms with Crippen LogP contribution in [-0.4, -0.2) is 66.4 Å². The summed E-state index contributed by atoms with van der Waals surface area (Å²) in [6, 6.07) is 2.05. The number of fused-ring (bicyclic) bond motifs is 1. The standard InChI is InChI=1S/C23H28F2N4O4/c1-13-4-5-29-18(11-15-12-28(6-7-33-15)23(31)32-3)21(27-19(29)8-13)20-16(24)9-14(10-17(20)25)22(30)26-2/h9-10,13,15H,4-8,11-12H2,1-3H3,(H,26,30)/t13?,15-/m0/s1. The lowest BCUT2D eigenvalue weighted by Gasteiger charge is -2.32. The number of nitrogens with one attached hydrogen (secondary N) is 1. The van der Waals surface area contributed by atoms with Crippen molar-refractivity contribution < 1.29 is 27.8 Å². The van der Waals surface area contributed by atoms with Crippen molar-refractivity contribution in [2.45, 2.75) is 38.8 Å². The Morgan fingerprint density at radius 3 is 2.67 bits per heavy atom. The summed E-state index contributed by atoms with van der Waals surface area (Å²) >= 11 is 0. The SMILES string of the molecule is CNC(=O)c1cc(F)c(-c2nc3n(c2C[C@H]2CN(C(=O)OC)CCO2)CCC(C)C3)c(F)c1. The Labute approximate surface area is 190 Å². The largest absolute Gasteiger partial charge is 0.453 e. The molecule has 33 heavy (non-hydrogen) atoms. The number of nitrogens with zero attached hydrogens (tertiary/aromatic N) is 3. The van der Waals surface area contributed by atoms with Gasteiger partial charge in [-0.05, 0) is 24.5 Å². The first-order valence-electron chi connectivity index (χ1n) is 11.1. The summed E-state index contributed by atoms with van der Waals surface area (Å²) in [6.45, 7) is 3.88. The van der Waals surface area contributed by atoms with Gasteiger partial charge in [-0.1, -0.05) is 6.92 Å². The van der Waals surface area contributed by atoms with Gasteiger partial charge in [0.15, 0.2) is 0 Å². The van der Waals surface area contributed by atoms with Gasteiger partial charge in [-0.15, -0.1) is 0 Å². The number of rotatable bonds is 4. The van der Waals surface area contributed by atoms with Gasteiger partial charge in [0.05, 0.1) is 37.6 Å². The van der Waals surface area contributed by atoms with Crippen molar-refractivity contribution in [1.82, 2.24) is 19.8 Å². The fourth-order valence-electron chi connectivity index (χ4n) is 4.56. The predicted molar refractivity (Wildman–Crippen MR) is 116 cm³/mol. The van der Waals surface area contributed by atoms with Crippen LogP contribution < -0.4 is 5.32 Å². The first kappa shape index (κ1) is 23.2. The van der Waals surface area contributed by atoms with E-state index in [4.69, 9.17) is 9.47 Å². The molecule has 1 aromatic carbocycles. The van der Waals surface area contributed by atoms with E-state index in [9.17, 15) is 9.59 Å². The normalized spacial score (nSPS) is 20.3. The Kier molecular flexibility index (Phi) is 6.64. The number of hydrogen-bond acceptors (Lipinski definition) is 5. The molecule has 0 radical (unpaired) electrons. The molecule has 0 saturated carbocycles. The van der Waals surface area contributed by atoms with Gasteiger partial charge >= 0.3 is 6.09 Å². The van der Waals surface area contributed by atoms with E-state index in [0.717, 1.165) is 24.4 Å². The maximum Gasteiger partial charge on any atom is 0.409 e. The highest BCUT2D eigenvalue weighted by Crippen LogP contribution is 2.34. The molecule has 0 spiro atoms. The third-order valence-corrected chi connectivity index (χ3v) is 6.29. The van der Waals surface area contributed by atoms with Crippen LogP contribution in [0.5, 0.6) is 0 Å². The van der Waals surface area contributed by atoms with Crippen LogP contribution in [0, 0.1) is 17.6 Å². The number of carbonyl (C=O) groups excluding carboxylic acids is 2. The Hall–Kier alpha value is -3.01. The third-order valence-electron chi connectivity index (χ3n) is 6.29. The summed E-state index contributed by atoms with van der Waals surface area (Å²) in [5.41, 5.74) is 0.531. The average Bonchev–Trinajstić information content (AvgIpc) is 3.14. The molecule has 8 nitrogen and oxygen atoms in total. The second-order valence-corrected chi connectivity index (χ2v) is 8.58. The van der Waals surface area contributed by atoms with E-state index in [1.54, 1.807) is 4.90 Å². The molecule has 1 aromatic heterocycles. The van der Waals surface area contributed by atoms with Crippen LogP contribution in [0.3, 0.4) is 0 Å². The van der Waals surface area contributed by atoms with Gasteiger partial charge in [0, 0.05) is 44.2 Å². The predicted octanol–water partition coefficient (Wildman–Crippen LogP) is 2.78. The summed E-state index contributed by atoms with van der Waals surface area (Å²) in [6.07, 6.45) is 1.16. The molecular weight excluding hydrogens is 434 g/mol. The number of methoxy groups -OCH3 is 1. The second kappa shape index (κ2) is 9.46. The first-order chi connectivity index (χ1) is 15.8. The highest BCUT2D eigenvalue weighted by molar-refractivity contribution is 5.94. The summed E-state index contributed by atoms with van der Waals surface area (Å²) in [7, 11) is 2.73. The summed E-state index contributed by atoms with van der Waals surface area (Å²) < 4.78 is 43.0. The van der Waals surface area contributed by atoms with Crippen LogP contribution in [0.25, 0.3) is 11.3 Å². The molecule has 2 atom stereocenters. The molecule has 3 heterocycles. The van der Waals surface area contributed by atoms with Crippen LogP contribution in [0.2, 0.25) is 0 Å². The van der Waals surface area contributed by atoms with Gasteiger partial charge < -0.3 is 24.3 Å². The lowest BCUT2D eigenvalue weighted by atomic mass is 9.99. The zero-order chi connectivity index (χ0) is 23.7. The average molecular weight is 462 g/mol. The fraction of sp³-hybridized carbons (Fsp3) is 0.522. The van der Waals surface area contributed by atoms with Crippen molar-refractivity contribution in [2.75, 3.05) is 33.9 Å². The Balaban J connectivity index is 1.74. The van der Waals surface area contributed by atoms with E-state index in [1.807, 2.05) is 4.57 Å². The van der Waals surface area contributed by atoms with Gasteiger partial charge in [-0.25, -0.2) is 18.6 Å². The number of benzene rings is 1. The second-order valence-electron chi connectivity index (χ2n) is 8.58. The zero-order valence-electron chi connectivity index (χ0n) is 19.0. The van der Waals surface area contributed by atoms with Gasteiger partial charge in [0.1, 0.15) is 17.5 Å². The van der Waals surface area contributed by atoms with Crippen LogP contribution in [0.15, 0.2) is 12.1 Å². The molecule has 10 heteroatoms. The molecule has 2 aliphatic heterocycles. The van der Waals surface area contributed by atoms with Crippen molar-refractivity contribution in [2.24, 2.45) is 5.92 Å². The highest BCUT2D eigenvalue weighted by Gasteiger charge is 2.31. The molecule has 0 bridgehead atoms. The summed E-state index contributed by atoms with van der Waals surface area (Å²) in [5.74, 6) is -1.09. The number of imidazole rings is 1. The first-order valence-corrected chi connectivity index (χ1v) is 11.1. The third kappa shape index (κ3) is 4.57. The lowest BCUT2D eigenvalue weighted by Crippen LogP contribution is -2.46. The topological polar surface area (TPSA) is 85.7 Å². The van der Waals surface area contributed by atoms with E-state index in [-0.39, 0.29) is 22.9 Å². The lowest BCUT2D eigenvalue weighted by molar-refractivity contribution is -0.0244. The number of hydrogen-bond donors (Lipinski definition) is 1. The molecule has 1 saturated heterocycles. The van der Waals surface area contributed by atoms with Crippen molar-refractivity contribution in [3.05, 3.63) is 40.8 Å². The van der Waals surface area contributed by atoms with Crippen LogP contribution >= 0.6 is 0 Å². The highest BCUT2D eigenvalue weighted by atomic mass is 19.1. The zero-order valence-corrected chi connectivity index (χ0v) is 19.0. The quantitative estimate of drug-likeness (QED) is 0.755. The minimum absolute atomic E-state index is 0.0975. The minimum Gasteiger partial charge on any atom is -0.453 e. The van der Waals surface area contributed by atoms with Crippen LogP contribution in [0.4, 0.5) is 13.6 Å².